The van der Waals surface area contributed by atoms with Gasteiger partial charge in [0.1, 0.15) is 6.04 Å². The number of rotatable bonds is 7. The molecule has 0 fully saturated rings. The number of methoxy groups -OCH3 is 2. The zero-order valence-corrected chi connectivity index (χ0v) is 16.6. The Morgan fingerprint density at radius 3 is 1.59 bits per heavy atom. The number of ether oxygens (including phenoxy) is 2. The van der Waals surface area contributed by atoms with E-state index in [1.54, 1.807) is 5.32 Å². The zero-order valence-electron chi connectivity index (χ0n) is 16.6. The lowest BCUT2D eigenvalue weighted by Crippen LogP contribution is -2.50. The maximum Gasteiger partial charge on any atom is 0.416 e. The number of halogens is 6. The molecule has 1 aromatic rings. The molecule has 0 aromatic heterocycles. The first-order chi connectivity index (χ1) is 14.5. The number of carboxylic acid groups (broad SMARTS) is 1. The van der Waals surface area contributed by atoms with Crippen LogP contribution in [0.3, 0.4) is 0 Å². The Balaban J connectivity index is 3.41. The van der Waals surface area contributed by atoms with Gasteiger partial charge in [-0.05, 0) is 18.2 Å². The highest BCUT2D eigenvalue weighted by Gasteiger charge is 2.43. The van der Waals surface area contributed by atoms with Crippen LogP contribution in [0, 0.1) is 11.8 Å². The van der Waals surface area contributed by atoms with Crippen LogP contribution in [0.4, 0.5) is 26.3 Å². The normalized spacial score (nSPS) is 13.8. The van der Waals surface area contributed by atoms with Crippen molar-refractivity contribution >= 4 is 23.8 Å². The fraction of sp³-hybridized carbons (Fsp3) is 0.444. The highest BCUT2D eigenvalue weighted by molar-refractivity contribution is 5.99. The summed E-state index contributed by atoms with van der Waals surface area (Å²) in [4.78, 5) is 47.7. The molecule has 14 heteroatoms. The summed E-state index contributed by atoms with van der Waals surface area (Å²) in [5.74, 6) is -9.34. The summed E-state index contributed by atoms with van der Waals surface area (Å²) in [6.45, 7) is 1.02. The van der Waals surface area contributed by atoms with E-state index in [0.29, 0.717) is 0 Å². The second-order valence-electron chi connectivity index (χ2n) is 6.47. The predicted octanol–water partition coefficient (Wildman–Crippen LogP) is 2.51. The number of carbonyl (C=O) groups is 4. The van der Waals surface area contributed by atoms with E-state index in [1.807, 2.05) is 0 Å². The summed E-state index contributed by atoms with van der Waals surface area (Å²) in [6, 6.07) is -2.09. The largest absolute Gasteiger partial charge is 0.480 e. The van der Waals surface area contributed by atoms with Gasteiger partial charge in [0.15, 0.2) is 5.92 Å². The van der Waals surface area contributed by atoms with Gasteiger partial charge in [-0.3, -0.25) is 14.4 Å². The van der Waals surface area contributed by atoms with Crippen LogP contribution in [0.2, 0.25) is 0 Å². The van der Waals surface area contributed by atoms with Crippen LogP contribution in [0.25, 0.3) is 0 Å². The van der Waals surface area contributed by atoms with E-state index < -0.39 is 70.7 Å². The molecule has 0 aliphatic heterocycles. The van der Waals surface area contributed by atoms with Crippen molar-refractivity contribution in [1.29, 1.82) is 0 Å². The maximum atomic E-state index is 13.0. The second kappa shape index (κ2) is 9.87. The summed E-state index contributed by atoms with van der Waals surface area (Å²) in [5.41, 5.74) is -4.72. The van der Waals surface area contributed by atoms with Crippen molar-refractivity contribution in [2.24, 2.45) is 11.8 Å². The van der Waals surface area contributed by atoms with E-state index in [0.717, 1.165) is 21.1 Å². The highest BCUT2D eigenvalue weighted by atomic mass is 19.4. The van der Waals surface area contributed by atoms with Crippen molar-refractivity contribution in [3.8, 4) is 0 Å². The maximum absolute atomic E-state index is 13.0. The molecule has 178 valence electrons. The molecule has 0 bridgehead atoms. The summed E-state index contributed by atoms with van der Waals surface area (Å²) in [7, 11) is 1.75. The van der Waals surface area contributed by atoms with E-state index in [4.69, 9.17) is 0 Å². The van der Waals surface area contributed by atoms with E-state index in [-0.39, 0.29) is 18.2 Å². The lowest BCUT2D eigenvalue weighted by molar-refractivity contribution is -0.162. The lowest BCUT2D eigenvalue weighted by Gasteiger charge is -2.26. The molecule has 0 saturated carbocycles. The third-order valence-corrected chi connectivity index (χ3v) is 4.36. The molecule has 1 amide bonds. The number of nitrogens with one attached hydrogen (secondary N) is 1. The summed E-state index contributed by atoms with van der Waals surface area (Å²) >= 11 is 0. The minimum Gasteiger partial charge on any atom is -0.480 e. The average molecular weight is 473 g/mol. The van der Waals surface area contributed by atoms with Crippen LogP contribution in [0.1, 0.15) is 28.4 Å². The van der Waals surface area contributed by atoms with E-state index in [2.05, 4.69) is 9.47 Å². The van der Waals surface area contributed by atoms with Gasteiger partial charge in [-0.1, -0.05) is 6.92 Å². The van der Waals surface area contributed by atoms with Crippen molar-refractivity contribution in [1.82, 2.24) is 5.32 Å². The third kappa shape index (κ3) is 6.34. The topological polar surface area (TPSA) is 119 Å². The molecule has 0 saturated heterocycles. The molecule has 0 aliphatic carbocycles. The number of esters is 2. The number of carbonyl (C=O) groups excluding carboxylic acids is 3. The monoisotopic (exact) mass is 473 g/mol. The molecular weight excluding hydrogens is 456 g/mol. The Hall–Kier alpha value is -3.32. The fourth-order valence-corrected chi connectivity index (χ4v) is 2.70. The van der Waals surface area contributed by atoms with Crippen molar-refractivity contribution in [2.75, 3.05) is 14.2 Å². The van der Waals surface area contributed by atoms with Crippen LogP contribution in [-0.2, 0) is 36.2 Å². The van der Waals surface area contributed by atoms with Crippen LogP contribution < -0.4 is 5.32 Å². The first kappa shape index (κ1) is 26.7. The Morgan fingerprint density at radius 2 is 1.28 bits per heavy atom. The van der Waals surface area contributed by atoms with Crippen LogP contribution >= 0.6 is 0 Å². The van der Waals surface area contributed by atoms with Gasteiger partial charge in [0.2, 0.25) is 0 Å². The number of benzene rings is 1. The Kier molecular flexibility index (Phi) is 8.24. The zero-order chi connectivity index (χ0) is 25.0. The molecular formula is C18H17F6NO7. The number of carboxylic acids is 1. The summed E-state index contributed by atoms with van der Waals surface area (Å²) < 4.78 is 86.7. The molecule has 8 nitrogen and oxygen atoms in total. The lowest BCUT2D eigenvalue weighted by atomic mass is 9.87. The van der Waals surface area contributed by atoms with Crippen molar-refractivity contribution in [3.63, 3.8) is 0 Å². The van der Waals surface area contributed by atoms with E-state index in [1.165, 1.54) is 0 Å². The third-order valence-electron chi connectivity index (χ3n) is 4.36. The fourth-order valence-electron chi connectivity index (χ4n) is 2.70. The average Bonchev–Trinajstić information content (AvgIpc) is 2.69. The molecule has 0 spiro atoms. The number of hydrogen-bond acceptors (Lipinski definition) is 6. The number of aliphatic carboxylic acids is 1. The molecule has 1 aromatic carbocycles. The van der Waals surface area contributed by atoms with Crippen molar-refractivity contribution < 1.29 is 60.1 Å². The molecule has 2 atom stereocenters. The Labute approximate surface area is 176 Å². The Morgan fingerprint density at radius 1 is 0.875 bits per heavy atom. The second-order valence-corrected chi connectivity index (χ2v) is 6.47. The summed E-state index contributed by atoms with van der Waals surface area (Å²) in [6.07, 6.45) is -10.5. The van der Waals surface area contributed by atoms with Gasteiger partial charge in [0.05, 0.1) is 25.3 Å². The van der Waals surface area contributed by atoms with Gasteiger partial charge >= 0.3 is 30.3 Å². The van der Waals surface area contributed by atoms with Gasteiger partial charge in [-0.25, -0.2) is 4.79 Å². The molecule has 0 unspecified atom stereocenters. The number of hydrogen-bond donors (Lipinski definition) is 2. The first-order valence-corrected chi connectivity index (χ1v) is 8.53. The summed E-state index contributed by atoms with van der Waals surface area (Å²) in [5, 5.41) is 11.1. The van der Waals surface area contributed by atoms with Crippen molar-refractivity contribution in [3.05, 3.63) is 34.9 Å². The minimum atomic E-state index is -5.24. The minimum absolute atomic E-state index is 0.103. The molecule has 0 radical (unpaired) electrons. The smallest absolute Gasteiger partial charge is 0.416 e. The molecule has 1 rings (SSSR count). The first-order valence-electron chi connectivity index (χ1n) is 8.53. The van der Waals surface area contributed by atoms with Gasteiger partial charge in [-0.15, -0.1) is 0 Å². The SMILES string of the molecule is COC(=O)C(C(=O)OC)[C@H](C)[C@@H](NC(=O)c1cc(C(F)(F)F)cc(C(F)(F)F)c1)C(=O)O. The molecule has 0 aliphatic rings. The molecule has 32 heavy (non-hydrogen) atoms. The van der Waals surface area contributed by atoms with Crippen LogP contribution in [0.15, 0.2) is 18.2 Å². The van der Waals surface area contributed by atoms with Gasteiger partial charge < -0.3 is 19.9 Å². The predicted molar refractivity (Wildman–Crippen MR) is 92.0 cm³/mol. The van der Waals surface area contributed by atoms with Gasteiger partial charge in [-0.2, -0.15) is 26.3 Å². The van der Waals surface area contributed by atoms with Crippen LogP contribution in [0.5, 0.6) is 0 Å². The number of amides is 1. The Bertz CT molecular complexity index is 849. The van der Waals surface area contributed by atoms with Gasteiger partial charge in [0.25, 0.3) is 5.91 Å². The molecule has 0 heterocycles. The van der Waals surface area contributed by atoms with E-state index in [9.17, 15) is 50.6 Å². The van der Waals surface area contributed by atoms with Gasteiger partial charge in [0, 0.05) is 11.5 Å². The van der Waals surface area contributed by atoms with Crippen LogP contribution in [-0.4, -0.2) is 49.2 Å². The van der Waals surface area contributed by atoms with Crippen molar-refractivity contribution in [2.45, 2.75) is 25.3 Å². The standard InChI is InChI=1S/C18H17F6NO7/c1-7(11(15(29)31-2)16(30)32-3)12(14(27)28)25-13(26)8-4-9(17(19,20)21)6-10(5-8)18(22,23)24/h4-7,11-12H,1-3H3,(H,25,26)(H,27,28)/t7-,12+/m0/s1. The highest BCUT2D eigenvalue weighted by Crippen LogP contribution is 2.36. The molecule has 2 N–H and O–H groups in total. The number of alkyl halides is 6. The quantitative estimate of drug-likeness (QED) is 0.355. The van der Waals surface area contributed by atoms with E-state index >= 15 is 0 Å².